The second-order valence-electron chi connectivity index (χ2n) is 4.24. The molecule has 3 rings (SSSR count). The Morgan fingerprint density at radius 2 is 2.16 bits per heavy atom. The molecule has 0 radical (unpaired) electrons. The molecule has 0 unspecified atom stereocenters. The standard InChI is InChI=1S/C14H11ClFN3/c15-11-6-9(4-5-12(11)16)7-17-13-3-1-2-10-8-18-19-14(10)13/h1-6,8,17H,7H2,(H,18,19). The number of benzene rings is 2. The molecule has 0 amide bonds. The minimum atomic E-state index is -0.402. The van der Waals surface area contributed by atoms with E-state index >= 15 is 0 Å². The van der Waals surface area contributed by atoms with Gasteiger partial charge in [0.1, 0.15) is 5.82 Å². The lowest BCUT2D eigenvalue weighted by Crippen LogP contribution is -2.00. The maximum absolute atomic E-state index is 13.1. The van der Waals surface area contributed by atoms with E-state index in [-0.39, 0.29) is 5.02 Å². The van der Waals surface area contributed by atoms with Gasteiger partial charge in [0.15, 0.2) is 0 Å². The van der Waals surface area contributed by atoms with Crippen LogP contribution in [0.1, 0.15) is 5.56 Å². The van der Waals surface area contributed by atoms with Gasteiger partial charge in [-0.25, -0.2) is 4.39 Å². The van der Waals surface area contributed by atoms with Gasteiger partial charge >= 0.3 is 0 Å². The molecule has 2 N–H and O–H groups in total. The number of fused-ring (bicyclic) bond motifs is 1. The van der Waals surface area contributed by atoms with Crippen LogP contribution in [0.4, 0.5) is 10.1 Å². The third-order valence-corrected chi connectivity index (χ3v) is 3.23. The van der Waals surface area contributed by atoms with Crippen molar-refractivity contribution in [1.82, 2.24) is 10.2 Å². The number of aromatic amines is 1. The minimum Gasteiger partial charge on any atom is -0.379 e. The van der Waals surface area contributed by atoms with Crippen LogP contribution in [0.15, 0.2) is 42.6 Å². The summed E-state index contributed by atoms with van der Waals surface area (Å²) in [4.78, 5) is 0. The van der Waals surface area contributed by atoms with Crippen LogP contribution in [0.25, 0.3) is 10.9 Å². The van der Waals surface area contributed by atoms with Gasteiger partial charge in [0.2, 0.25) is 0 Å². The number of anilines is 1. The van der Waals surface area contributed by atoms with Crippen molar-refractivity contribution in [3.63, 3.8) is 0 Å². The Kier molecular flexibility index (Phi) is 3.09. The number of H-pyrrole nitrogens is 1. The number of hydrogen-bond donors (Lipinski definition) is 2. The van der Waals surface area contributed by atoms with Gasteiger partial charge in [-0.15, -0.1) is 0 Å². The Hall–Kier alpha value is -2.07. The van der Waals surface area contributed by atoms with Crippen LogP contribution in [0.5, 0.6) is 0 Å². The van der Waals surface area contributed by atoms with Crippen LogP contribution in [0.2, 0.25) is 5.02 Å². The summed E-state index contributed by atoms with van der Waals surface area (Å²) in [5.74, 6) is -0.402. The molecule has 0 fully saturated rings. The van der Waals surface area contributed by atoms with Crippen molar-refractivity contribution in [2.45, 2.75) is 6.54 Å². The molecule has 96 valence electrons. The molecule has 0 spiro atoms. The van der Waals surface area contributed by atoms with Crippen LogP contribution < -0.4 is 5.32 Å². The van der Waals surface area contributed by atoms with Gasteiger partial charge in [-0.05, 0) is 23.8 Å². The summed E-state index contributed by atoms with van der Waals surface area (Å²) >= 11 is 5.75. The molecule has 2 aromatic carbocycles. The minimum absolute atomic E-state index is 0.138. The van der Waals surface area contributed by atoms with Crippen LogP contribution in [-0.2, 0) is 6.54 Å². The third-order valence-electron chi connectivity index (χ3n) is 2.94. The van der Waals surface area contributed by atoms with Crippen molar-refractivity contribution in [3.8, 4) is 0 Å². The average molecular weight is 276 g/mol. The molecule has 19 heavy (non-hydrogen) atoms. The zero-order chi connectivity index (χ0) is 13.2. The van der Waals surface area contributed by atoms with Crippen LogP contribution in [0, 0.1) is 5.82 Å². The molecule has 1 aromatic heterocycles. The first kappa shape index (κ1) is 12.0. The maximum Gasteiger partial charge on any atom is 0.141 e. The number of hydrogen-bond acceptors (Lipinski definition) is 2. The molecule has 0 aliphatic rings. The number of rotatable bonds is 3. The fraction of sp³-hybridized carbons (Fsp3) is 0.0714. The second kappa shape index (κ2) is 4.90. The maximum atomic E-state index is 13.1. The number of halogens is 2. The Balaban J connectivity index is 1.82. The molecule has 0 bridgehead atoms. The topological polar surface area (TPSA) is 40.7 Å². The zero-order valence-corrected chi connectivity index (χ0v) is 10.7. The predicted molar refractivity (Wildman–Crippen MR) is 74.8 cm³/mol. The highest BCUT2D eigenvalue weighted by atomic mass is 35.5. The molecule has 3 aromatic rings. The van der Waals surface area contributed by atoms with Crippen molar-refractivity contribution in [2.75, 3.05) is 5.32 Å². The van der Waals surface area contributed by atoms with Gasteiger partial charge in [-0.2, -0.15) is 5.10 Å². The molecule has 1 heterocycles. The lowest BCUT2D eigenvalue weighted by molar-refractivity contribution is 0.627. The Bertz CT molecular complexity index is 724. The van der Waals surface area contributed by atoms with E-state index in [1.165, 1.54) is 6.07 Å². The molecule has 0 saturated heterocycles. The second-order valence-corrected chi connectivity index (χ2v) is 4.65. The van der Waals surface area contributed by atoms with Crippen LogP contribution >= 0.6 is 11.6 Å². The number of nitrogens with zero attached hydrogens (tertiary/aromatic N) is 1. The molecule has 0 aliphatic carbocycles. The smallest absolute Gasteiger partial charge is 0.141 e. The molecule has 0 aliphatic heterocycles. The molecular weight excluding hydrogens is 265 g/mol. The van der Waals surface area contributed by atoms with Crippen LogP contribution in [-0.4, -0.2) is 10.2 Å². The largest absolute Gasteiger partial charge is 0.379 e. The van der Waals surface area contributed by atoms with Gasteiger partial charge in [0.25, 0.3) is 0 Å². The SMILES string of the molecule is Fc1ccc(CNc2cccc3cn[nH]c23)cc1Cl. The fourth-order valence-corrected chi connectivity index (χ4v) is 2.17. The Morgan fingerprint density at radius 3 is 3.00 bits per heavy atom. The molecular formula is C14H11ClFN3. The summed E-state index contributed by atoms with van der Waals surface area (Å²) in [7, 11) is 0. The quantitative estimate of drug-likeness (QED) is 0.759. The summed E-state index contributed by atoms with van der Waals surface area (Å²) in [6.07, 6.45) is 1.77. The summed E-state index contributed by atoms with van der Waals surface area (Å²) in [5.41, 5.74) is 2.83. The van der Waals surface area contributed by atoms with E-state index in [1.807, 2.05) is 18.2 Å². The van der Waals surface area contributed by atoms with Crippen molar-refractivity contribution in [3.05, 3.63) is 59.0 Å². The van der Waals surface area contributed by atoms with E-state index in [0.29, 0.717) is 6.54 Å². The first-order valence-corrected chi connectivity index (χ1v) is 6.22. The number of nitrogens with one attached hydrogen (secondary N) is 2. The van der Waals surface area contributed by atoms with E-state index in [0.717, 1.165) is 22.2 Å². The molecule has 5 heteroatoms. The number of aromatic nitrogens is 2. The summed E-state index contributed by atoms with van der Waals surface area (Å²) in [6, 6.07) is 10.6. The summed E-state index contributed by atoms with van der Waals surface area (Å²) in [6.45, 7) is 0.568. The lowest BCUT2D eigenvalue weighted by atomic mass is 10.2. The average Bonchev–Trinajstić information content (AvgIpc) is 2.89. The first-order chi connectivity index (χ1) is 9.24. The lowest BCUT2D eigenvalue weighted by Gasteiger charge is -2.08. The first-order valence-electron chi connectivity index (χ1n) is 5.84. The Labute approximate surface area is 114 Å². The summed E-state index contributed by atoms with van der Waals surface area (Å²) < 4.78 is 13.1. The van der Waals surface area contributed by atoms with E-state index in [2.05, 4.69) is 15.5 Å². The van der Waals surface area contributed by atoms with Crippen molar-refractivity contribution < 1.29 is 4.39 Å². The normalized spacial score (nSPS) is 10.8. The predicted octanol–water partition coefficient (Wildman–Crippen LogP) is 3.97. The van der Waals surface area contributed by atoms with Gasteiger partial charge in [0.05, 0.1) is 22.4 Å². The zero-order valence-electron chi connectivity index (χ0n) is 9.95. The van der Waals surface area contributed by atoms with E-state index in [4.69, 9.17) is 11.6 Å². The van der Waals surface area contributed by atoms with Crippen molar-refractivity contribution >= 4 is 28.2 Å². The monoisotopic (exact) mass is 275 g/mol. The van der Waals surface area contributed by atoms with E-state index < -0.39 is 5.82 Å². The van der Waals surface area contributed by atoms with Gasteiger partial charge < -0.3 is 5.32 Å². The summed E-state index contributed by atoms with van der Waals surface area (Å²) in [5, 5.41) is 11.4. The highest BCUT2D eigenvalue weighted by Crippen LogP contribution is 2.22. The highest BCUT2D eigenvalue weighted by Gasteiger charge is 2.04. The highest BCUT2D eigenvalue weighted by molar-refractivity contribution is 6.30. The molecule has 0 atom stereocenters. The van der Waals surface area contributed by atoms with Gasteiger partial charge in [0, 0.05) is 11.9 Å². The molecule has 3 nitrogen and oxygen atoms in total. The van der Waals surface area contributed by atoms with E-state index in [1.54, 1.807) is 18.3 Å². The van der Waals surface area contributed by atoms with Crippen LogP contribution in [0.3, 0.4) is 0 Å². The van der Waals surface area contributed by atoms with Crippen molar-refractivity contribution in [2.24, 2.45) is 0 Å². The Morgan fingerprint density at radius 1 is 1.26 bits per heavy atom. The molecule has 0 saturated carbocycles. The number of para-hydroxylation sites is 1. The third kappa shape index (κ3) is 2.39. The fourth-order valence-electron chi connectivity index (χ4n) is 1.96. The van der Waals surface area contributed by atoms with Gasteiger partial charge in [-0.1, -0.05) is 29.8 Å². The van der Waals surface area contributed by atoms with Gasteiger partial charge in [-0.3, -0.25) is 5.10 Å². The van der Waals surface area contributed by atoms with E-state index in [9.17, 15) is 4.39 Å². The van der Waals surface area contributed by atoms with Crippen molar-refractivity contribution in [1.29, 1.82) is 0 Å².